The summed E-state index contributed by atoms with van der Waals surface area (Å²) in [7, 11) is 1.27. The molecule has 1 aromatic carbocycles. The number of rotatable bonds is 3. The summed E-state index contributed by atoms with van der Waals surface area (Å²) in [5, 5.41) is 11.2. The number of esters is 1. The van der Waals surface area contributed by atoms with Gasteiger partial charge >= 0.3 is 5.97 Å². The van der Waals surface area contributed by atoms with Crippen LogP contribution >= 0.6 is 0 Å². The van der Waals surface area contributed by atoms with Crippen molar-refractivity contribution < 1.29 is 14.6 Å². The monoisotopic (exact) mass is 247 g/mol. The lowest BCUT2D eigenvalue weighted by Crippen LogP contribution is -2.40. The van der Waals surface area contributed by atoms with Crippen molar-refractivity contribution in [3.05, 3.63) is 36.0 Å². The van der Waals surface area contributed by atoms with E-state index in [4.69, 9.17) is 0 Å². The van der Waals surface area contributed by atoms with Crippen molar-refractivity contribution in [1.82, 2.24) is 4.57 Å². The minimum absolute atomic E-state index is 0.175. The number of carbonyl (C=O) groups is 1. The largest absolute Gasteiger partial charge is 0.467 e. The molecular weight excluding hydrogens is 230 g/mol. The lowest BCUT2D eigenvalue weighted by Gasteiger charge is -2.21. The maximum absolute atomic E-state index is 11.5. The van der Waals surface area contributed by atoms with Gasteiger partial charge in [0.2, 0.25) is 0 Å². The Hall–Kier alpha value is -1.81. The van der Waals surface area contributed by atoms with Crippen molar-refractivity contribution in [1.29, 1.82) is 0 Å². The van der Waals surface area contributed by atoms with Crippen molar-refractivity contribution >= 4 is 16.9 Å². The third-order valence-corrected chi connectivity index (χ3v) is 3.09. The molecule has 0 saturated heterocycles. The first-order valence-corrected chi connectivity index (χ1v) is 5.81. The molecule has 1 unspecified atom stereocenters. The molecule has 0 saturated carbocycles. The van der Waals surface area contributed by atoms with Crippen LogP contribution in [0.25, 0.3) is 10.9 Å². The first-order chi connectivity index (χ1) is 8.45. The molecule has 2 rings (SSSR count). The van der Waals surface area contributed by atoms with Crippen LogP contribution in [0.4, 0.5) is 0 Å². The summed E-state index contributed by atoms with van der Waals surface area (Å²) in [6, 6.07) is 7.90. The second kappa shape index (κ2) is 4.46. The highest BCUT2D eigenvalue weighted by Gasteiger charge is 2.32. The summed E-state index contributed by atoms with van der Waals surface area (Å²) in [5.74, 6) is -0.627. The standard InChI is InChI=1S/C14H17NO3/c1-10-8-15(9-14(2,17)13(16)18-3)12-7-5-4-6-11(10)12/h4-8,17H,9H2,1-3H3. The molecule has 0 bridgehead atoms. The molecule has 1 aromatic heterocycles. The number of aromatic nitrogens is 1. The Morgan fingerprint density at radius 3 is 2.78 bits per heavy atom. The lowest BCUT2D eigenvalue weighted by molar-refractivity contribution is -0.161. The predicted octanol–water partition coefficient (Wildman–Crippen LogP) is 1.87. The third-order valence-electron chi connectivity index (χ3n) is 3.09. The van der Waals surface area contributed by atoms with Gasteiger partial charge in [0.1, 0.15) is 0 Å². The fraction of sp³-hybridized carbons (Fsp3) is 0.357. The number of methoxy groups -OCH3 is 1. The summed E-state index contributed by atoms with van der Waals surface area (Å²) >= 11 is 0. The summed E-state index contributed by atoms with van der Waals surface area (Å²) < 4.78 is 6.48. The summed E-state index contributed by atoms with van der Waals surface area (Å²) in [4.78, 5) is 11.5. The molecule has 2 aromatic rings. The van der Waals surface area contributed by atoms with E-state index in [0.29, 0.717) is 0 Å². The Bertz CT molecular complexity index is 584. The number of nitrogens with zero attached hydrogens (tertiary/aromatic N) is 1. The average molecular weight is 247 g/mol. The smallest absolute Gasteiger partial charge is 0.339 e. The Morgan fingerprint density at radius 1 is 1.44 bits per heavy atom. The van der Waals surface area contributed by atoms with Gasteiger partial charge in [-0.05, 0) is 25.5 Å². The van der Waals surface area contributed by atoms with Crippen LogP contribution in [-0.4, -0.2) is 28.4 Å². The number of aliphatic hydroxyl groups is 1. The molecule has 4 nitrogen and oxygen atoms in total. The normalized spacial score (nSPS) is 14.4. The predicted molar refractivity (Wildman–Crippen MR) is 69.3 cm³/mol. The molecule has 96 valence electrons. The summed E-state index contributed by atoms with van der Waals surface area (Å²) in [6.45, 7) is 3.64. The van der Waals surface area contributed by atoms with E-state index in [1.54, 1.807) is 0 Å². The molecule has 0 fully saturated rings. The van der Waals surface area contributed by atoms with Gasteiger partial charge in [0, 0.05) is 17.1 Å². The number of aryl methyl sites for hydroxylation is 1. The van der Waals surface area contributed by atoms with Crippen LogP contribution < -0.4 is 0 Å². The Kier molecular flexibility index (Phi) is 3.13. The van der Waals surface area contributed by atoms with Gasteiger partial charge in [0.15, 0.2) is 5.60 Å². The zero-order chi connectivity index (χ0) is 13.3. The van der Waals surface area contributed by atoms with Crippen LogP contribution in [0.2, 0.25) is 0 Å². The first kappa shape index (κ1) is 12.6. The summed E-state index contributed by atoms with van der Waals surface area (Å²) in [5.41, 5.74) is 0.591. The topological polar surface area (TPSA) is 51.5 Å². The number of para-hydroxylation sites is 1. The van der Waals surface area contributed by atoms with Gasteiger partial charge in [0.25, 0.3) is 0 Å². The van der Waals surface area contributed by atoms with Gasteiger partial charge in [-0.15, -0.1) is 0 Å². The van der Waals surface area contributed by atoms with Crippen LogP contribution in [0.1, 0.15) is 12.5 Å². The van der Waals surface area contributed by atoms with Gasteiger partial charge in [-0.3, -0.25) is 0 Å². The van der Waals surface area contributed by atoms with E-state index in [9.17, 15) is 9.90 Å². The van der Waals surface area contributed by atoms with Crippen molar-refractivity contribution in [3.63, 3.8) is 0 Å². The zero-order valence-electron chi connectivity index (χ0n) is 10.8. The molecule has 0 radical (unpaired) electrons. The SMILES string of the molecule is COC(=O)C(C)(O)Cn1cc(C)c2ccccc21. The lowest BCUT2D eigenvalue weighted by atomic mass is 10.1. The minimum atomic E-state index is -1.52. The van der Waals surface area contributed by atoms with Crippen molar-refractivity contribution in [2.75, 3.05) is 7.11 Å². The molecule has 0 amide bonds. The average Bonchev–Trinajstić information content (AvgIpc) is 2.65. The summed E-state index contributed by atoms with van der Waals surface area (Å²) in [6.07, 6.45) is 1.93. The van der Waals surface area contributed by atoms with E-state index in [1.807, 2.05) is 42.0 Å². The van der Waals surface area contributed by atoms with Crippen LogP contribution in [0.3, 0.4) is 0 Å². The highest BCUT2D eigenvalue weighted by atomic mass is 16.5. The van der Waals surface area contributed by atoms with E-state index < -0.39 is 11.6 Å². The number of carbonyl (C=O) groups excluding carboxylic acids is 1. The number of fused-ring (bicyclic) bond motifs is 1. The molecule has 1 heterocycles. The van der Waals surface area contributed by atoms with E-state index in [0.717, 1.165) is 16.5 Å². The quantitative estimate of drug-likeness (QED) is 0.842. The third kappa shape index (κ3) is 2.11. The van der Waals surface area contributed by atoms with Crippen molar-refractivity contribution in [2.45, 2.75) is 26.0 Å². The number of hydrogen-bond donors (Lipinski definition) is 1. The van der Waals surface area contributed by atoms with E-state index in [2.05, 4.69) is 4.74 Å². The number of benzene rings is 1. The van der Waals surface area contributed by atoms with Gasteiger partial charge in [-0.25, -0.2) is 4.79 Å². The molecular formula is C14H17NO3. The first-order valence-electron chi connectivity index (χ1n) is 5.81. The van der Waals surface area contributed by atoms with Crippen LogP contribution in [-0.2, 0) is 16.1 Å². The highest BCUT2D eigenvalue weighted by Crippen LogP contribution is 2.22. The Balaban J connectivity index is 2.41. The maximum Gasteiger partial charge on any atom is 0.339 e. The molecule has 0 spiro atoms. The van der Waals surface area contributed by atoms with Crippen LogP contribution in [0, 0.1) is 6.92 Å². The number of hydrogen-bond acceptors (Lipinski definition) is 3. The maximum atomic E-state index is 11.5. The Labute approximate surface area is 106 Å². The zero-order valence-corrected chi connectivity index (χ0v) is 10.8. The minimum Gasteiger partial charge on any atom is -0.467 e. The van der Waals surface area contributed by atoms with E-state index >= 15 is 0 Å². The van der Waals surface area contributed by atoms with Gasteiger partial charge in [-0.2, -0.15) is 0 Å². The molecule has 1 atom stereocenters. The fourth-order valence-corrected chi connectivity index (χ4v) is 2.18. The molecule has 4 heteroatoms. The molecule has 18 heavy (non-hydrogen) atoms. The fourth-order valence-electron chi connectivity index (χ4n) is 2.18. The molecule has 0 aliphatic carbocycles. The molecule has 0 aliphatic heterocycles. The molecule has 1 N–H and O–H groups in total. The van der Waals surface area contributed by atoms with Gasteiger partial charge in [0.05, 0.1) is 13.7 Å². The van der Waals surface area contributed by atoms with Crippen molar-refractivity contribution in [2.24, 2.45) is 0 Å². The number of ether oxygens (including phenoxy) is 1. The van der Waals surface area contributed by atoms with Gasteiger partial charge in [-0.1, -0.05) is 18.2 Å². The molecule has 0 aliphatic rings. The van der Waals surface area contributed by atoms with Crippen LogP contribution in [0.5, 0.6) is 0 Å². The van der Waals surface area contributed by atoms with E-state index in [1.165, 1.54) is 14.0 Å². The second-order valence-electron chi connectivity index (χ2n) is 4.72. The van der Waals surface area contributed by atoms with Crippen molar-refractivity contribution in [3.8, 4) is 0 Å². The van der Waals surface area contributed by atoms with Crippen LogP contribution in [0.15, 0.2) is 30.5 Å². The highest BCUT2D eigenvalue weighted by molar-refractivity contribution is 5.84. The second-order valence-corrected chi connectivity index (χ2v) is 4.72. The van der Waals surface area contributed by atoms with Gasteiger partial charge < -0.3 is 14.4 Å². The van der Waals surface area contributed by atoms with E-state index in [-0.39, 0.29) is 6.54 Å². The Morgan fingerprint density at radius 2 is 2.11 bits per heavy atom.